The number of carbonyl (C=O) groups is 1. The lowest BCUT2D eigenvalue weighted by Crippen LogP contribution is -2.36. The van der Waals surface area contributed by atoms with Gasteiger partial charge in [0, 0.05) is 71.7 Å². The maximum absolute atomic E-state index is 14.7. The number of halogens is 1. The number of nitrogens with two attached hydrogens (primary N) is 1. The van der Waals surface area contributed by atoms with Crippen LogP contribution >= 0.6 is 12.4 Å². The summed E-state index contributed by atoms with van der Waals surface area (Å²) in [4.78, 5) is 32.3. The van der Waals surface area contributed by atoms with Crippen molar-refractivity contribution in [3.05, 3.63) is 143 Å². The maximum atomic E-state index is 14.7. The second-order valence-corrected chi connectivity index (χ2v) is 10.8. The van der Waals surface area contributed by atoms with Gasteiger partial charge in [-0.25, -0.2) is 4.79 Å². The summed E-state index contributed by atoms with van der Waals surface area (Å²) >= 11 is 0. The Morgan fingerprint density at radius 2 is 1.26 bits per heavy atom. The number of hydrogen-bond donors (Lipinski definition) is 1. The van der Waals surface area contributed by atoms with Crippen molar-refractivity contribution in [1.29, 1.82) is 0 Å². The van der Waals surface area contributed by atoms with Crippen molar-refractivity contribution in [1.82, 2.24) is 19.9 Å². The van der Waals surface area contributed by atoms with Gasteiger partial charge in [0.2, 0.25) is 0 Å². The van der Waals surface area contributed by atoms with E-state index in [-0.39, 0.29) is 19.0 Å². The molecule has 0 aliphatic carbocycles. The van der Waals surface area contributed by atoms with Crippen molar-refractivity contribution in [3.63, 3.8) is 0 Å². The van der Waals surface area contributed by atoms with E-state index in [0.29, 0.717) is 17.2 Å². The predicted molar refractivity (Wildman–Crippen MR) is 171 cm³/mol. The van der Waals surface area contributed by atoms with Crippen molar-refractivity contribution >= 4 is 18.4 Å². The summed E-state index contributed by atoms with van der Waals surface area (Å²) in [6, 6.07) is 19.3. The van der Waals surface area contributed by atoms with Crippen molar-refractivity contribution in [2.75, 3.05) is 0 Å². The van der Waals surface area contributed by atoms with Gasteiger partial charge in [0.05, 0.1) is 11.3 Å². The molecule has 0 atom stereocenters. The summed E-state index contributed by atoms with van der Waals surface area (Å²) in [6.45, 7) is 8.45. The first-order chi connectivity index (χ1) is 20.3. The number of carbonyl (C=O) groups excluding carboxylic acids is 1. The van der Waals surface area contributed by atoms with Crippen molar-refractivity contribution in [2.45, 2.75) is 46.3 Å². The number of esters is 1. The fourth-order valence-corrected chi connectivity index (χ4v) is 5.49. The second-order valence-electron chi connectivity index (χ2n) is 10.8. The van der Waals surface area contributed by atoms with E-state index in [4.69, 9.17) is 15.5 Å². The van der Waals surface area contributed by atoms with Crippen LogP contribution in [-0.2, 0) is 23.3 Å². The van der Waals surface area contributed by atoms with Crippen LogP contribution in [0.15, 0.2) is 97.8 Å². The highest BCUT2D eigenvalue weighted by molar-refractivity contribution is 6.00. The minimum atomic E-state index is -1.32. The zero-order valence-electron chi connectivity index (χ0n) is 24.8. The SMILES string of the molecule is Cc1ccc(-c2c(CN)c(CC(C)C)nc(C)c2C(=O)OC(c2ccncc2)(c2ccncc2)c2ccncc2)cc1.Cl. The number of benzene rings is 1. The van der Waals surface area contributed by atoms with Crippen LogP contribution in [0.25, 0.3) is 11.1 Å². The molecule has 0 unspecified atom stereocenters. The van der Waals surface area contributed by atoms with Crippen molar-refractivity contribution in [2.24, 2.45) is 11.7 Å². The van der Waals surface area contributed by atoms with Gasteiger partial charge in [0.25, 0.3) is 0 Å². The molecule has 7 nitrogen and oxygen atoms in total. The van der Waals surface area contributed by atoms with E-state index in [9.17, 15) is 4.79 Å². The van der Waals surface area contributed by atoms with Gasteiger partial charge in [-0.2, -0.15) is 0 Å². The van der Waals surface area contributed by atoms with E-state index in [0.717, 1.165) is 51.1 Å². The molecule has 2 N–H and O–H groups in total. The van der Waals surface area contributed by atoms with Crippen LogP contribution in [0.2, 0.25) is 0 Å². The fraction of sp³-hybridized carbons (Fsp3) is 0.229. The minimum absolute atomic E-state index is 0. The molecular formula is C35H36ClN5O2. The number of pyridine rings is 4. The van der Waals surface area contributed by atoms with Gasteiger partial charge in [-0.3, -0.25) is 19.9 Å². The Hall–Kier alpha value is -4.46. The van der Waals surface area contributed by atoms with E-state index >= 15 is 0 Å². The summed E-state index contributed by atoms with van der Waals surface area (Å²) in [7, 11) is 0. The molecule has 0 radical (unpaired) electrons. The third kappa shape index (κ3) is 6.33. The third-order valence-electron chi connectivity index (χ3n) is 7.42. The van der Waals surface area contributed by atoms with E-state index in [1.54, 1.807) is 37.2 Å². The van der Waals surface area contributed by atoms with Gasteiger partial charge in [-0.05, 0) is 73.7 Å². The van der Waals surface area contributed by atoms with E-state index in [2.05, 4.69) is 28.8 Å². The average Bonchev–Trinajstić information content (AvgIpc) is 3.01. The van der Waals surface area contributed by atoms with Gasteiger partial charge in [0.15, 0.2) is 5.60 Å². The lowest BCUT2D eigenvalue weighted by Gasteiger charge is -2.35. The molecule has 4 aromatic heterocycles. The summed E-state index contributed by atoms with van der Waals surface area (Å²) in [5.74, 6) is -0.143. The lowest BCUT2D eigenvalue weighted by atomic mass is 9.81. The van der Waals surface area contributed by atoms with Crippen LogP contribution in [0.3, 0.4) is 0 Å². The average molecular weight is 594 g/mol. The molecule has 0 fully saturated rings. The standard InChI is InChI=1S/C35H35N5O2.ClH/c1-23(2)21-31-30(22-36)33(26-7-5-24(3)6-8-26)32(25(4)40-31)34(41)42-35(27-9-15-37-16-10-27,28-11-17-38-18-12-28)29-13-19-39-20-14-29;/h5-20,23H,21-22,36H2,1-4H3;1H. The zero-order chi connectivity index (χ0) is 29.7. The molecule has 5 aromatic rings. The van der Waals surface area contributed by atoms with Gasteiger partial charge < -0.3 is 10.5 Å². The van der Waals surface area contributed by atoms with E-state index in [1.165, 1.54) is 0 Å². The molecule has 0 aliphatic rings. The molecule has 5 rings (SSSR count). The summed E-state index contributed by atoms with van der Waals surface area (Å²) in [5.41, 5.74) is 12.8. The molecule has 0 saturated heterocycles. The van der Waals surface area contributed by atoms with Crippen LogP contribution in [0.4, 0.5) is 0 Å². The first kappa shape index (κ1) is 31.5. The number of nitrogens with zero attached hydrogens (tertiary/aromatic N) is 4. The van der Waals surface area contributed by atoms with Crippen LogP contribution in [0.1, 0.15) is 63.4 Å². The molecule has 1 aromatic carbocycles. The molecule has 0 aliphatic heterocycles. The molecule has 220 valence electrons. The Kier molecular flexibility index (Phi) is 10.0. The Balaban J connectivity index is 0.00000423. The first-order valence-corrected chi connectivity index (χ1v) is 14.1. The van der Waals surface area contributed by atoms with Gasteiger partial charge in [-0.1, -0.05) is 43.7 Å². The van der Waals surface area contributed by atoms with Gasteiger partial charge >= 0.3 is 5.97 Å². The molecular weight excluding hydrogens is 558 g/mol. The number of aryl methyl sites for hydroxylation is 2. The predicted octanol–water partition coefficient (Wildman–Crippen LogP) is 6.78. The maximum Gasteiger partial charge on any atom is 0.342 e. The molecule has 0 amide bonds. The number of hydrogen-bond acceptors (Lipinski definition) is 7. The normalized spacial score (nSPS) is 11.2. The highest BCUT2D eigenvalue weighted by Crippen LogP contribution is 2.42. The number of aromatic nitrogens is 4. The molecule has 0 bridgehead atoms. The first-order valence-electron chi connectivity index (χ1n) is 14.1. The van der Waals surface area contributed by atoms with Crippen LogP contribution in [0, 0.1) is 19.8 Å². The monoisotopic (exact) mass is 593 g/mol. The Labute approximate surface area is 259 Å². The molecule has 4 heterocycles. The highest BCUT2D eigenvalue weighted by Gasteiger charge is 2.42. The molecule has 0 spiro atoms. The third-order valence-corrected chi connectivity index (χ3v) is 7.42. The van der Waals surface area contributed by atoms with Gasteiger partial charge in [-0.15, -0.1) is 12.4 Å². The van der Waals surface area contributed by atoms with Gasteiger partial charge in [0.1, 0.15) is 0 Å². The van der Waals surface area contributed by atoms with E-state index < -0.39 is 11.6 Å². The Morgan fingerprint density at radius 1 is 0.791 bits per heavy atom. The van der Waals surface area contributed by atoms with Crippen LogP contribution < -0.4 is 5.73 Å². The second kappa shape index (κ2) is 13.7. The summed E-state index contributed by atoms with van der Waals surface area (Å²) < 4.78 is 6.77. The van der Waals surface area contributed by atoms with Crippen molar-refractivity contribution < 1.29 is 9.53 Å². The fourth-order valence-electron chi connectivity index (χ4n) is 5.49. The summed E-state index contributed by atoms with van der Waals surface area (Å²) in [5, 5.41) is 0. The number of ether oxygens (including phenoxy) is 1. The van der Waals surface area contributed by atoms with Crippen LogP contribution in [-0.4, -0.2) is 25.9 Å². The topological polar surface area (TPSA) is 104 Å². The zero-order valence-corrected chi connectivity index (χ0v) is 25.6. The highest BCUT2D eigenvalue weighted by atomic mass is 35.5. The Morgan fingerprint density at radius 3 is 1.67 bits per heavy atom. The van der Waals surface area contributed by atoms with Crippen molar-refractivity contribution in [3.8, 4) is 11.1 Å². The molecule has 8 heteroatoms. The summed E-state index contributed by atoms with van der Waals surface area (Å²) in [6.07, 6.45) is 10.9. The quantitative estimate of drug-likeness (QED) is 0.188. The molecule has 0 saturated carbocycles. The minimum Gasteiger partial charge on any atom is -0.441 e. The lowest BCUT2D eigenvalue weighted by molar-refractivity contribution is 0.0140. The van der Waals surface area contributed by atoms with Crippen LogP contribution in [0.5, 0.6) is 0 Å². The smallest absolute Gasteiger partial charge is 0.342 e. The molecule has 43 heavy (non-hydrogen) atoms. The van der Waals surface area contributed by atoms with E-state index in [1.807, 2.05) is 74.5 Å². The number of rotatable bonds is 9. The Bertz CT molecular complexity index is 1570. The largest absolute Gasteiger partial charge is 0.441 e.